The second kappa shape index (κ2) is 3.36. The predicted octanol–water partition coefficient (Wildman–Crippen LogP) is 1.02. The number of hydrogen-bond acceptors (Lipinski definition) is 2. The molecule has 74 valence electrons. The predicted molar refractivity (Wildman–Crippen MR) is 49.2 cm³/mol. The Kier molecular flexibility index (Phi) is 2.59. The third-order valence-corrected chi connectivity index (χ3v) is 2.98. The maximum atomic E-state index is 11.5. The Morgan fingerprint density at radius 3 is 2.31 bits per heavy atom. The fourth-order valence-electron chi connectivity index (χ4n) is 1.80. The van der Waals surface area contributed by atoms with Crippen molar-refractivity contribution in [3.63, 3.8) is 0 Å². The molecule has 13 heavy (non-hydrogen) atoms. The molecular weight excluding hydrogens is 168 g/mol. The normalized spacial score (nSPS) is 29.8. The van der Waals surface area contributed by atoms with E-state index in [9.17, 15) is 9.59 Å². The topological polar surface area (TPSA) is 58.2 Å². The molecule has 0 aromatic rings. The second-order valence-corrected chi connectivity index (χ2v) is 3.54. The third-order valence-electron chi connectivity index (χ3n) is 2.98. The Hall–Kier alpha value is -1.06. The Balaban J connectivity index is 2.93. The maximum absolute atomic E-state index is 11.5. The number of rotatable bonds is 3. The van der Waals surface area contributed by atoms with Gasteiger partial charge in [-0.05, 0) is 12.3 Å². The van der Waals surface area contributed by atoms with Crippen LogP contribution in [0.25, 0.3) is 0 Å². The highest BCUT2D eigenvalue weighted by Crippen LogP contribution is 2.27. The first kappa shape index (κ1) is 10.0. The molecular formula is C9H16N2O2. The van der Waals surface area contributed by atoms with Gasteiger partial charge >= 0.3 is 6.03 Å². The largest absolute Gasteiger partial charge is 0.323 e. The highest BCUT2D eigenvalue weighted by molar-refractivity contribution is 6.07. The van der Waals surface area contributed by atoms with E-state index >= 15 is 0 Å². The fourth-order valence-corrected chi connectivity index (χ4v) is 1.80. The van der Waals surface area contributed by atoms with E-state index in [1.807, 2.05) is 20.8 Å². The summed E-state index contributed by atoms with van der Waals surface area (Å²) in [7, 11) is 0. The van der Waals surface area contributed by atoms with E-state index in [1.54, 1.807) is 0 Å². The van der Waals surface area contributed by atoms with Crippen molar-refractivity contribution in [3.8, 4) is 0 Å². The number of carbonyl (C=O) groups is 2. The van der Waals surface area contributed by atoms with Crippen LogP contribution in [0, 0.1) is 5.92 Å². The minimum Gasteiger partial charge on any atom is -0.323 e. The molecule has 1 saturated heterocycles. The van der Waals surface area contributed by atoms with E-state index in [2.05, 4.69) is 10.6 Å². The highest BCUT2D eigenvalue weighted by atomic mass is 16.2. The molecule has 0 aromatic heterocycles. The first-order valence-electron chi connectivity index (χ1n) is 4.70. The number of urea groups is 1. The lowest BCUT2D eigenvalue weighted by molar-refractivity contribution is -0.125. The van der Waals surface area contributed by atoms with Crippen molar-refractivity contribution >= 4 is 11.9 Å². The summed E-state index contributed by atoms with van der Waals surface area (Å²) in [5.74, 6) is -0.0155. The van der Waals surface area contributed by atoms with Crippen LogP contribution in [0.15, 0.2) is 0 Å². The summed E-state index contributed by atoms with van der Waals surface area (Å²) in [6.45, 7) is 5.91. The van der Waals surface area contributed by atoms with Gasteiger partial charge in [-0.25, -0.2) is 4.79 Å². The van der Waals surface area contributed by atoms with Gasteiger partial charge in [0.2, 0.25) is 0 Å². The van der Waals surface area contributed by atoms with Crippen LogP contribution >= 0.6 is 0 Å². The molecule has 2 N–H and O–H groups in total. The lowest BCUT2D eigenvalue weighted by Crippen LogP contribution is -2.51. The SMILES string of the molecule is CCC(C)C1(CC)NC(=O)NC1=O. The molecule has 1 aliphatic rings. The maximum Gasteiger partial charge on any atom is 0.322 e. The molecule has 0 aliphatic carbocycles. The Bertz CT molecular complexity index is 240. The van der Waals surface area contributed by atoms with Gasteiger partial charge in [0, 0.05) is 0 Å². The van der Waals surface area contributed by atoms with Crippen LogP contribution in [0.3, 0.4) is 0 Å². The highest BCUT2D eigenvalue weighted by Gasteiger charge is 2.47. The summed E-state index contributed by atoms with van der Waals surface area (Å²) < 4.78 is 0. The van der Waals surface area contributed by atoms with Gasteiger partial charge in [0.15, 0.2) is 0 Å². The molecule has 1 heterocycles. The summed E-state index contributed by atoms with van der Waals surface area (Å²) in [5.41, 5.74) is -0.675. The van der Waals surface area contributed by atoms with Gasteiger partial charge in [0.1, 0.15) is 5.54 Å². The molecule has 2 atom stereocenters. The molecule has 4 nitrogen and oxygen atoms in total. The number of amides is 3. The number of carbonyl (C=O) groups excluding carboxylic acids is 2. The van der Waals surface area contributed by atoms with Crippen molar-refractivity contribution in [3.05, 3.63) is 0 Å². The van der Waals surface area contributed by atoms with Gasteiger partial charge in [-0.3, -0.25) is 10.1 Å². The van der Waals surface area contributed by atoms with Gasteiger partial charge in [-0.2, -0.15) is 0 Å². The number of imide groups is 1. The molecule has 0 aromatic carbocycles. The zero-order chi connectivity index (χ0) is 10.1. The average molecular weight is 184 g/mol. The van der Waals surface area contributed by atoms with Crippen molar-refractivity contribution < 1.29 is 9.59 Å². The van der Waals surface area contributed by atoms with E-state index in [0.29, 0.717) is 6.42 Å². The number of nitrogens with one attached hydrogen (secondary N) is 2. The lowest BCUT2D eigenvalue weighted by Gasteiger charge is -2.30. The van der Waals surface area contributed by atoms with E-state index in [0.717, 1.165) is 6.42 Å². The van der Waals surface area contributed by atoms with Crippen LogP contribution in [-0.2, 0) is 4.79 Å². The summed E-state index contributed by atoms with van der Waals surface area (Å²) >= 11 is 0. The van der Waals surface area contributed by atoms with Crippen molar-refractivity contribution in [2.75, 3.05) is 0 Å². The smallest absolute Gasteiger partial charge is 0.322 e. The zero-order valence-corrected chi connectivity index (χ0v) is 8.31. The Labute approximate surface area is 78.1 Å². The molecule has 0 bridgehead atoms. The van der Waals surface area contributed by atoms with Crippen LogP contribution in [0.1, 0.15) is 33.6 Å². The second-order valence-electron chi connectivity index (χ2n) is 3.54. The van der Waals surface area contributed by atoms with Crippen molar-refractivity contribution in [1.82, 2.24) is 10.6 Å². The zero-order valence-electron chi connectivity index (χ0n) is 8.31. The summed E-state index contributed by atoms with van der Waals surface area (Å²) in [5, 5.41) is 5.00. The summed E-state index contributed by atoms with van der Waals surface area (Å²) in [4.78, 5) is 22.5. The Morgan fingerprint density at radius 2 is 2.00 bits per heavy atom. The molecule has 1 aliphatic heterocycles. The molecule has 0 spiro atoms. The first-order valence-corrected chi connectivity index (χ1v) is 4.70. The molecule has 1 fully saturated rings. The van der Waals surface area contributed by atoms with E-state index in [-0.39, 0.29) is 17.9 Å². The minimum atomic E-state index is -0.675. The Morgan fingerprint density at radius 1 is 1.38 bits per heavy atom. The van der Waals surface area contributed by atoms with Gasteiger partial charge in [0.25, 0.3) is 5.91 Å². The molecule has 0 radical (unpaired) electrons. The third kappa shape index (κ3) is 1.41. The molecule has 4 heteroatoms. The van der Waals surface area contributed by atoms with Crippen molar-refractivity contribution in [2.24, 2.45) is 5.92 Å². The quantitative estimate of drug-likeness (QED) is 0.643. The van der Waals surface area contributed by atoms with Crippen LogP contribution in [0.2, 0.25) is 0 Å². The standard InChI is InChI=1S/C9H16N2O2/c1-4-6(3)9(5-2)7(12)10-8(13)11-9/h6H,4-5H2,1-3H3,(H2,10,11,12,13). The van der Waals surface area contributed by atoms with Gasteiger partial charge in [-0.1, -0.05) is 27.2 Å². The van der Waals surface area contributed by atoms with Gasteiger partial charge < -0.3 is 5.32 Å². The van der Waals surface area contributed by atoms with Crippen LogP contribution < -0.4 is 10.6 Å². The number of hydrogen-bond donors (Lipinski definition) is 2. The lowest BCUT2D eigenvalue weighted by atomic mass is 9.81. The fraction of sp³-hybridized carbons (Fsp3) is 0.778. The monoisotopic (exact) mass is 184 g/mol. The summed E-state index contributed by atoms with van der Waals surface area (Å²) in [6, 6.07) is -0.368. The van der Waals surface area contributed by atoms with E-state index in [4.69, 9.17) is 0 Å². The van der Waals surface area contributed by atoms with Crippen LogP contribution in [0.5, 0.6) is 0 Å². The molecule has 3 amide bonds. The van der Waals surface area contributed by atoms with Crippen molar-refractivity contribution in [1.29, 1.82) is 0 Å². The van der Waals surface area contributed by atoms with Crippen LogP contribution in [-0.4, -0.2) is 17.5 Å². The minimum absolute atomic E-state index is 0.170. The van der Waals surface area contributed by atoms with Gasteiger partial charge in [-0.15, -0.1) is 0 Å². The summed E-state index contributed by atoms with van der Waals surface area (Å²) in [6.07, 6.45) is 1.52. The van der Waals surface area contributed by atoms with E-state index in [1.165, 1.54) is 0 Å². The molecule has 2 unspecified atom stereocenters. The average Bonchev–Trinajstić information content (AvgIpc) is 2.40. The molecule has 1 rings (SSSR count). The van der Waals surface area contributed by atoms with E-state index < -0.39 is 5.54 Å². The van der Waals surface area contributed by atoms with Crippen LogP contribution in [0.4, 0.5) is 4.79 Å². The molecule has 0 saturated carbocycles. The first-order chi connectivity index (χ1) is 6.06. The van der Waals surface area contributed by atoms with Crippen molar-refractivity contribution in [2.45, 2.75) is 39.2 Å². The van der Waals surface area contributed by atoms with Gasteiger partial charge in [0.05, 0.1) is 0 Å².